The number of aromatic nitrogens is 3. The number of carboxylic acid groups (broad SMARTS) is 1. The molecule has 0 saturated carbocycles. The first-order valence-electron chi connectivity index (χ1n) is 6.67. The molecule has 0 spiro atoms. The van der Waals surface area contributed by atoms with Crippen molar-refractivity contribution in [3.8, 4) is 0 Å². The van der Waals surface area contributed by atoms with Crippen LogP contribution in [0.3, 0.4) is 0 Å². The van der Waals surface area contributed by atoms with Gasteiger partial charge in [-0.15, -0.1) is 10.2 Å². The number of aliphatic carboxylic acids is 1. The lowest BCUT2D eigenvalue weighted by Crippen LogP contribution is -2.52. The topological polar surface area (TPSA) is 100 Å². The van der Waals surface area contributed by atoms with E-state index in [0.717, 1.165) is 0 Å². The summed E-state index contributed by atoms with van der Waals surface area (Å²) >= 11 is 0. The van der Waals surface area contributed by atoms with E-state index in [0.29, 0.717) is 31.9 Å². The molecule has 1 aliphatic rings. The lowest BCUT2D eigenvalue weighted by Gasteiger charge is -2.29. The van der Waals surface area contributed by atoms with E-state index in [1.165, 1.54) is 0 Å². The van der Waals surface area contributed by atoms with Crippen LogP contribution in [-0.2, 0) is 17.9 Å². The van der Waals surface area contributed by atoms with Crippen LogP contribution >= 0.6 is 0 Å². The minimum Gasteiger partial charge on any atom is -0.480 e. The lowest BCUT2D eigenvalue weighted by atomic mass is 9.99. The van der Waals surface area contributed by atoms with Crippen LogP contribution < -0.4 is 5.32 Å². The normalized spacial score (nSPS) is 17.2. The Bertz CT molecular complexity index is 501. The van der Waals surface area contributed by atoms with Crippen LogP contribution in [0, 0.1) is 5.92 Å². The van der Waals surface area contributed by atoms with Crippen molar-refractivity contribution in [2.45, 2.75) is 39.4 Å². The SMILES string of the molecule is CCC(C)C(NC(=O)N1CCn2cnnc2C1)C(=O)O. The van der Waals surface area contributed by atoms with Crippen molar-refractivity contribution in [3.05, 3.63) is 12.2 Å². The molecule has 0 aliphatic carbocycles. The summed E-state index contributed by atoms with van der Waals surface area (Å²) in [5.74, 6) is -0.417. The van der Waals surface area contributed by atoms with Gasteiger partial charge < -0.3 is 19.9 Å². The van der Waals surface area contributed by atoms with Gasteiger partial charge in [-0.2, -0.15) is 0 Å². The summed E-state index contributed by atoms with van der Waals surface area (Å²) in [6.07, 6.45) is 2.31. The van der Waals surface area contributed by atoms with Crippen LogP contribution in [-0.4, -0.2) is 49.4 Å². The smallest absolute Gasteiger partial charge is 0.326 e. The van der Waals surface area contributed by atoms with Crippen molar-refractivity contribution in [2.24, 2.45) is 5.92 Å². The molecule has 2 amide bonds. The van der Waals surface area contributed by atoms with E-state index in [2.05, 4.69) is 15.5 Å². The molecule has 1 aliphatic heterocycles. The fourth-order valence-corrected chi connectivity index (χ4v) is 2.15. The van der Waals surface area contributed by atoms with Crippen LogP contribution in [0.2, 0.25) is 0 Å². The van der Waals surface area contributed by atoms with Gasteiger partial charge in [-0.05, 0) is 5.92 Å². The van der Waals surface area contributed by atoms with Gasteiger partial charge in [0.15, 0.2) is 5.82 Å². The second kappa shape index (κ2) is 5.89. The van der Waals surface area contributed by atoms with Gasteiger partial charge in [0.2, 0.25) is 0 Å². The van der Waals surface area contributed by atoms with E-state index in [4.69, 9.17) is 0 Å². The first kappa shape index (κ1) is 14.3. The van der Waals surface area contributed by atoms with Crippen molar-refractivity contribution in [3.63, 3.8) is 0 Å². The molecule has 110 valence electrons. The number of urea groups is 1. The van der Waals surface area contributed by atoms with Gasteiger partial charge in [0, 0.05) is 13.1 Å². The van der Waals surface area contributed by atoms with Gasteiger partial charge in [0.25, 0.3) is 0 Å². The highest BCUT2D eigenvalue weighted by atomic mass is 16.4. The first-order valence-corrected chi connectivity index (χ1v) is 6.67. The highest BCUT2D eigenvalue weighted by molar-refractivity contribution is 5.82. The number of nitrogens with zero attached hydrogens (tertiary/aromatic N) is 4. The van der Waals surface area contributed by atoms with Crippen molar-refractivity contribution in [2.75, 3.05) is 6.54 Å². The monoisotopic (exact) mass is 281 g/mol. The number of rotatable bonds is 4. The second-order valence-corrected chi connectivity index (χ2v) is 5.01. The van der Waals surface area contributed by atoms with E-state index >= 15 is 0 Å². The largest absolute Gasteiger partial charge is 0.480 e. The van der Waals surface area contributed by atoms with E-state index in [9.17, 15) is 14.7 Å². The Balaban J connectivity index is 2.00. The fraction of sp³-hybridized carbons (Fsp3) is 0.667. The molecular formula is C12H19N5O3. The number of carboxylic acids is 1. The lowest BCUT2D eigenvalue weighted by molar-refractivity contribution is -0.140. The molecule has 0 fully saturated rings. The molecule has 2 rings (SSSR count). The molecule has 0 bridgehead atoms. The zero-order chi connectivity index (χ0) is 14.7. The molecule has 1 aromatic rings. The Labute approximate surface area is 116 Å². The number of hydrogen-bond donors (Lipinski definition) is 2. The van der Waals surface area contributed by atoms with Gasteiger partial charge in [0.05, 0.1) is 6.54 Å². The van der Waals surface area contributed by atoms with Gasteiger partial charge >= 0.3 is 12.0 Å². The number of nitrogens with one attached hydrogen (secondary N) is 1. The van der Waals surface area contributed by atoms with Crippen molar-refractivity contribution >= 4 is 12.0 Å². The summed E-state index contributed by atoms with van der Waals surface area (Å²) < 4.78 is 1.88. The van der Waals surface area contributed by atoms with Gasteiger partial charge in [-0.3, -0.25) is 0 Å². The summed E-state index contributed by atoms with van der Waals surface area (Å²) in [5, 5.41) is 19.5. The third-order valence-electron chi connectivity index (χ3n) is 3.68. The molecule has 0 aromatic carbocycles. The molecule has 2 atom stereocenters. The highest BCUT2D eigenvalue weighted by Gasteiger charge is 2.29. The summed E-state index contributed by atoms with van der Waals surface area (Å²) in [6, 6.07) is -1.24. The number of amides is 2. The standard InChI is InChI=1S/C12H19N5O3/c1-3-8(2)10(11(18)19)14-12(20)16-4-5-17-7-13-15-9(17)6-16/h7-8,10H,3-6H2,1-2H3,(H,14,20)(H,18,19). The molecule has 2 unspecified atom stereocenters. The van der Waals surface area contributed by atoms with Crippen LogP contribution in [0.25, 0.3) is 0 Å². The van der Waals surface area contributed by atoms with Crippen molar-refractivity contribution < 1.29 is 14.7 Å². The first-order chi connectivity index (χ1) is 9.52. The molecular weight excluding hydrogens is 262 g/mol. The Hall–Kier alpha value is -2.12. The number of carbonyl (C=O) groups excluding carboxylic acids is 1. The van der Waals surface area contributed by atoms with E-state index in [1.807, 2.05) is 18.4 Å². The molecule has 20 heavy (non-hydrogen) atoms. The van der Waals surface area contributed by atoms with Gasteiger partial charge in [-0.25, -0.2) is 9.59 Å². The van der Waals surface area contributed by atoms with Crippen LogP contribution in [0.5, 0.6) is 0 Å². The van der Waals surface area contributed by atoms with E-state index < -0.39 is 12.0 Å². The van der Waals surface area contributed by atoms with Crippen LogP contribution in [0.1, 0.15) is 26.1 Å². The minimum absolute atomic E-state index is 0.120. The Morgan fingerprint density at radius 2 is 2.25 bits per heavy atom. The molecule has 1 aromatic heterocycles. The highest BCUT2D eigenvalue weighted by Crippen LogP contribution is 2.12. The van der Waals surface area contributed by atoms with Crippen molar-refractivity contribution in [1.29, 1.82) is 0 Å². The summed E-state index contributed by atoms with van der Waals surface area (Å²) in [5.41, 5.74) is 0. The Kier molecular flexibility index (Phi) is 4.21. The fourth-order valence-electron chi connectivity index (χ4n) is 2.15. The van der Waals surface area contributed by atoms with E-state index in [-0.39, 0.29) is 11.9 Å². The summed E-state index contributed by atoms with van der Waals surface area (Å²) in [6.45, 7) is 5.20. The number of carbonyl (C=O) groups is 2. The molecule has 2 heterocycles. The quantitative estimate of drug-likeness (QED) is 0.827. The molecule has 8 nitrogen and oxygen atoms in total. The summed E-state index contributed by atoms with van der Waals surface area (Å²) in [7, 11) is 0. The molecule has 0 radical (unpaired) electrons. The molecule has 2 N–H and O–H groups in total. The Morgan fingerprint density at radius 1 is 1.50 bits per heavy atom. The molecule has 8 heteroatoms. The Morgan fingerprint density at radius 3 is 2.90 bits per heavy atom. The van der Waals surface area contributed by atoms with Crippen molar-refractivity contribution in [1.82, 2.24) is 25.0 Å². The predicted octanol–water partition coefficient (Wildman–Crippen LogP) is 0.303. The maximum atomic E-state index is 12.2. The number of hydrogen-bond acceptors (Lipinski definition) is 4. The van der Waals surface area contributed by atoms with Gasteiger partial charge in [-0.1, -0.05) is 20.3 Å². The maximum Gasteiger partial charge on any atom is 0.326 e. The average Bonchev–Trinajstić information content (AvgIpc) is 2.90. The maximum absolute atomic E-state index is 12.2. The third-order valence-corrected chi connectivity index (χ3v) is 3.68. The van der Waals surface area contributed by atoms with E-state index in [1.54, 1.807) is 11.2 Å². The second-order valence-electron chi connectivity index (χ2n) is 5.01. The minimum atomic E-state index is -1.01. The van der Waals surface area contributed by atoms with Crippen LogP contribution in [0.15, 0.2) is 6.33 Å². The zero-order valence-electron chi connectivity index (χ0n) is 11.6. The average molecular weight is 281 g/mol. The third kappa shape index (κ3) is 2.89. The van der Waals surface area contributed by atoms with Crippen LogP contribution in [0.4, 0.5) is 4.79 Å². The predicted molar refractivity (Wildman–Crippen MR) is 69.8 cm³/mol. The summed E-state index contributed by atoms with van der Waals surface area (Å²) in [4.78, 5) is 24.9. The van der Waals surface area contributed by atoms with Gasteiger partial charge in [0.1, 0.15) is 12.4 Å². The zero-order valence-corrected chi connectivity index (χ0v) is 11.6. The number of fused-ring (bicyclic) bond motifs is 1. The molecule has 0 saturated heterocycles.